The SMILES string of the molecule is CCC(C)N1CCN(c2c(C)cccc2C(=O)O)CC1. The summed E-state index contributed by atoms with van der Waals surface area (Å²) in [6.07, 6.45) is 1.16. The minimum absolute atomic E-state index is 0.419. The van der Waals surface area contributed by atoms with Crippen molar-refractivity contribution in [2.24, 2.45) is 0 Å². The van der Waals surface area contributed by atoms with Gasteiger partial charge in [0.15, 0.2) is 0 Å². The molecule has 4 nitrogen and oxygen atoms in total. The molecule has 0 saturated carbocycles. The molecule has 1 aliphatic rings. The number of carboxylic acid groups (broad SMARTS) is 1. The maximum atomic E-state index is 11.4. The Bertz CT molecular complexity index is 479. The molecule has 1 aliphatic heterocycles. The highest BCUT2D eigenvalue weighted by molar-refractivity contribution is 5.95. The van der Waals surface area contributed by atoms with Gasteiger partial charge >= 0.3 is 5.97 Å². The molecule has 2 rings (SSSR count). The van der Waals surface area contributed by atoms with E-state index in [0.29, 0.717) is 11.6 Å². The van der Waals surface area contributed by atoms with E-state index in [1.807, 2.05) is 19.1 Å². The van der Waals surface area contributed by atoms with Gasteiger partial charge in [0.1, 0.15) is 0 Å². The Hall–Kier alpha value is -1.55. The van der Waals surface area contributed by atoms with Crippen LogP contribution in [0.2, 0.25) is 0 Å². The number of carboxylic acids is 1. The number of carbonyl (C=O) groups is 1. The van der Waals surface area contributed by atoms with Gasteiger partial charge in [0.25, 0.3) is 0 Å². The van der Waals surface area contributed by atoms with Crippen LogP contribution in [0.1, 0.15) is 36.2 Å². The van der Waals surface area contributed by atoms with Crippen LogP contribution in [0.15, 0.2) is 18.2 Å². The monoisotopic (exact) mass is 276 g/mol. The summed E-state index contributed by atoms with van der Waals surface area (Å²) in [5, 5.41) is 9.36. The summed E-state index contributed by atoms with van der Waals surface area (Å²) in [6, 6.07) is 6.11. The molecule has 0 bridgehead atoms. The summed E-state index contributed by atoms with van der Waals surface area (Å²) < 4.78 is 0. The van der Waals surface area contributed by atoms with Crippen LogP contribution in [-0.2, 0) is 0 Å². The first-order valence-corrected chi connectivity index (χ1v) is 7.36. The maximum absolute atomic E-state index is 11.4. The van der Waals surface area contributed by atoms with Crippen molar-refractivity contribution in [2.45, 2.75) is 33.2 Å². The van der Waals surface area contributed by atoms with E-state index in [0.717, 1.165) is 43.9 Å². The number of anilines is 1. The molecule has 4 heteroatoms. The predicted octanol–water partition coefficient (Wildman–Crippen LogP) is 2.61. The van der Waals surface area contributed by atoms with E-state index in [-0.39, 0.29) is 0 Å². The maximum Gasteiger partial charge on any atom is 0.337 e. The van der Waals surface area contributed by atoms with Gasteiger partial charge in [0.05, 0.1) is 11.3 Å². The fourth-order valence-corrected chi connectivity index (χ4v) is 2.90. The minimum Gasteiger partial charge on any atom is -0.478 e. The number of para-hydroxylation sites is 1. The summed E-state index contributed by atoms with van der Waals surface area (Å²) in [6.45, 7) is 10.3. The van der Waals surface area contributed by atoms with E-state index < -0.39 is 5.97 Å². The fraction of sp³-hybridized carbons (Fsp3) is 0.562. The van der Waals surface area contributed by atoms with Crippen LogP contribution < -0.4 is 4.90 Å². The highest BCUT2D eigenvalue weighted by Gasteiger charge is 2.24. The molecule has 1 atom stereocenters. The number of nitrogens with zero attached hydrogens (tertiary/aromatic N) is 2. The number of rotatable bonds is 4. The number of hydrogen-bond donors (Lipinski definition) is 1. The second kappa shape index (κ2) is 6.27. The first-order valence-electron chi connectivity index (χ1n) is 7.36. The molecule has 1 unspecified atom stereocenters. The first kappa shape index (κ1) is 14.9. The summed E-state index contributed by atoms with van der Waals surface area (Å²) in [5.41, 5.74) is 2.35. The molecule has 1 aromatic rings. The summed E-state index contributed by atoms with van der Waals surface area (Å²) in [7, 11) is 0. The molecule has 0 spiro atoms. The topological polar surface area (TPSA) is 43.8 Å². The van der Waals surface area contributed by atoms with Crippen molar-refractivity contribution in [3.05, 3.63) is 29.3 Å². The van der Waals surface area contributed by atoms with Crippen molar-refractivity contribution >= 4 is 11.7 Å². The van der Waals surface area contributed by atoms with Gasteiger partial charge < -0.3 is 10.0 Å². The average Bonchev–Trinajstić information content (AvgIpc) is 2.46. The normalized spacial score (nSPS) is 18.1. The zero-order valence-corrected chi connectivity index (χ0v) is 12.6. The third-order valence-electron chi connectivity index (χ3n) is 4.31. The standard InChI is InChI=1S/C16H24N2O2/c1-4-13(3)17-8-10-18(11-9-17)15-12(2)6-5-7-14(15)16(19)20/h5-7,13H,4,8-11H2,1-3H3,(H,19,20). The lowest BCUT2D eigenvalue weighted by molar-refractivity contribution is 0.0697. The van der Waals surface area contributed by atoms with Crippen molar-refractivity contribution in [3.63, 3.8) is 0 Å². The van der Waals surface area contributed by atoms with Crippen molar-refractivity contribution in [3.8, 4) is 0 Å². The molecule has 1 N–H and O–H groups in total. The van der Waals surface area contributed by atoms with Gasteiger partial charge in [0, 0.05) is 32.2 Å². The highest BCUT2D eigenvalue weighted by Crippen LogP contribution is 2.26. The molecule has 0 radical (unpaired) electrons. The van der Waals surface area contributed by atoms with Crippen molar-refractivity contribution in [1.29, 1.82) is 0 Å². The fourth-order valence-electron chi connectivity index (χ4n) is 2.90. The Morgan fingerprint density at radius 3 is 2.50 bits per heavy atom. The minimum atomic E-state index is -0.840. The van der Waals surface area contributed by atoms with Crippen LogP contribution in [0.5, 0.6) is 0 Å². The molecule has 110 valence electrons. The quantitative estimate of drug-likeness (QED) is 0.918. The highest BCUT2D eigenvalue weighted by atomic mass is 16.4. The lowest BCUT2D eigenvalue weighted by Gasteiger charge is -2.39. The lowest BCUT2D eigenvalue weighted by Crippen LogP contribution is -2.50. The van der Waals surface area contributed by atoms with Gasteiger partial charge in [0.2, 0.25) is 0 Å². The van der Waals surface area contributed by atoms with Gasteiger partial charge in [-0.3, -0.25) is 4.90 Å². The van der Waals surface area contributed by atoms with Crippen LogP contribution in [0, 0.1) is 6.92 Å². The Kier molecular flexibility index (Phi) is 4.65. The number of aromatic carboxylic acids is 1. The van der Waals surface area contributed by atoms with Crippen molar-refractivity contribution in [2.75, 3.05) is 31.1 Å². The Morgan fingerprint density at radius 1 is 1.30 bits per heavy atom. The molecule has 1 fully saturated rings. The predicted molar refractivity (Wildman–Crippen MR) is 81.7 cm³/mol. The number of benzene rings is 1. The van der Waals surface area contributed by atoms with Crippen LogP contribution in [0.4, 0.5) is 5.69 Å². The van der Waals surface area contributed by atoms with Crippen LogP contribution in [0.3, 0.4) is 0 Å². The molecule has 1 saturated heterocycles. The van der Waals surface area contributed by atoms with Gasteiger partial charge in [-0.2, -0.15) is 0 Å². The molecule has 20 heavy (non-hydrogen) atoms. The Morgan fingerprint density at radius 2 is 1.95 bits per heavy atom. The third kappa shape index (κ3) is 2.96. The summed E-state index contributed by atoms with van der Waals surface area (Å²) in [5.74, 6) is -0.840. The van der Waals surface area contributed by atoms with E-state index in [9.17, 15) is 9.90 Å². The van der Waals surface area contributed by atoms with Crippen LogP contribution in [0.25, 0.3) is 0 Å². The number of piperazine rings is 1. The molecule has 0 amide bonds. The lowest BCUT2D eigenvalue weighted by atomic mass is 10.1. The smallest absolute Gasteiger partial charge is 0.337 e. The van der Waals surface area contributed by atoms with Crippen molar-refractivity contribution in [1.82, 2.24) is 4.90 Å². The Balaban J connectivity index is 2.17. The zero-order valence-electron chi connectivity index (χ0n) is 12.6. The average molecular weight is 276 g/mol. The largest absolute Gasteiger partial charge is 0.478 e. The van der Waals surface area contributed by atoms with E-state index >= 15 is 0 Å². The van der Waals surface area contributed by atoms with Gasteiger partial charge in [-0.1, -0.05) is 19.1 Å². The number of aryl methyl sites for hydroxylation is 1. The molecule has 1 heterocycles. The van der Waals surface area contributed by atoms with E-state index in [1.54, 1.807) is 6.07 Å². The first-order chi connectivity index (χ1) is 9.54. The molecule has 1 aromatic carbocycles. The van der Waals surface area contributed by atoms with Gasteiger partial charge in [-0.15, -0.1) is 0 Å². The molecule has 0 aliphatic carbocycles. The van der Waals surface area contributed by atoms with E-state index in [4.69, 9.17) is 0 Å². The molecular weight excluding hydrogens is 252 g/mol. The van der Waals surface area contributed by atoms with E-state index in [1.165, 1.54) is 0 Å². The number of hydrogen-bond acceptors (Lipinski definition) is 3. The molecular formula is C16H24N2O2. The second-order valence-corrected chi connectivity index (χ2v) is 5.56. The van der Waals surface area contributed by atoms with Crippen molar-refractivity contribution < 1.29 is 9.90 Å². The van der Waals surface area contributed by atoms with Gasteiger partial charge in [-0.05, 0) is 31.9 Å². The molecule has 0 aromatic heterocycles. The second-order valence-electron chi connectivity index (χ2n) is 5.56. The van der Waals surface area contributed by atoms with Crippen LogP contribution in [-0.4, -0.2) is 48.2 Å². The van der Waals surface area contributed by atoms with Crippen LogP contribution >= 0.6 is 0 Å². The summed E-state index contributed by atoms with van der Waals surface area (Å²) in [4.78, 5) is 16.1. The third-order valence-corrected chi connectivity index (χ3v) is 4.31. The van der Waals surface area contributed by atoms with Gasteiger partial charge in [-0.25, -0.2) is 4.79 Å². The zero-order chi connectivity index (χ0) is 14.7. The Labute approximate surface area is 121 Å². The summed E-state index contributed by atoms with van der Waals surface area (Å²) >= 11 is 0. The van der Waals surface area contributed by atoms with E-state index in [2.05, 4.69) is 23.6 Å².